The Bertz CT molecular complexity index is 1380. The first kappa shape index (κ1) is 36.6. The SMILES string of the molecule is C/C(=C/C=C\C=C\Cc1cnco1)[C@@H](O)C(C)(C)C(=O)NC/C=C/C=C/C(O)[C@H](C)C[C@@H]1OC(=O)[C@@]2(CO)N(C)C(=O)[C@H](C)[C@@]12O. The number of nitrogens with one attached hydrogen (secondary N) is 1. The van der Waals surface area contributed by atoms with Crippen LogP contribution in [0, 0.1) is 17.3 Å². The fraction of sp³-hybridized carbons (Fsp3) is 0.529. The molecule has 12 nitrogen and oxygen atoms in total. The van der Waals surface area contributed by atoms with Crippen molar-refractivity contribution < 1.29 is 44.0 Å². The fourth-order valence-corrected chi connectivity index (χ4v) is 6.01. The van der Waals surface area contributed by atoms with Crippen molar-refractivity contribution in [2.24, 2.45) is 17.3 Å². The molecule has 7 atom stereocenters. The number of allylic oxidation sites excluding steroid dienone is 7. The van der Waals surface area contributed by atoms with Crippen LogP contribution in [-0.2, 0) is 25.5 Å². The van der Waals surface area contributed by atoms with Gasteiger partial charge in [-0.3, -0.25) is 9.59 Å². The average Bonchev–Trinajstić information content (AvgIpc) is 3.66. The summed E-state index contributed by atoms with van der Waals surface area (Å²) in [4.78, 5) is 43.1. The molecule has 12 heteroatoms. The maximum atomic E-state index is 12.8. The van der Waals surface area contributed by atoms with Crippen molar-refractivity contribution in [1.29, 1.82) is 0 Å². The van der Waals surface area contributed by atoms with Crippen molar-refractivity contribution in [1.82, 2.24) is 15.2 Å². The zero-order valence-electron chi connectivity index (χ0n) is 27.3. The van der Waals surface area contributed by atoms with E-state index in [0.717, 1.165) is 10.7 Å². The summed E-state index contributed by atoms with van der Waals surface area (Å²) in [7, 11) is 1.36. The zero-order chi connectivity index (χ0) is 34.3. The van der Waals surface area contributed by atoms with Gasteiger partial charge in [0.15, 0.2) is 11.9 Å². The number of oxazole rings is 1. The van der Waals surface area contributed by atoms with E-state index in [0.29, 0.717) is 12.0 Å². The van der Waals surface area contributed by atoms with Crippen LogP contribution < -0.4 is 5.32 Å². The first-order valence-corrected chi connectivity index (χ1v) is 15.3. The number of rotatable bonds is 15. The quantitative estimate of drug-likeness (QED) is 0.140. The molecule has 5 N–H and O–H groups in total. The summed E-state index contributed by atoms with van der Waals surface area (Å²) in [6, 6.07) is 0. The van der Waals surface area contributed by atoms with Gasteiger partial charge in [0.05, 0.1) is 36.3 Å². The summed E-state index contributed by atoms with van der Waals surface area (Å²) in [6.07, 6.45) is 16.2. The van der Waals surface area contributed by atoms with Crippen molar-refractivity contribution in [2.75, 3.05) is 20.2 Å². The molecule has 2 aliphatic heterocycles. The molecule has 252 valence electrons. The van der Waals surface area contributed by atoms with Crippen LogP contribution in [0.1, 0.15) is 46.8 Å². The van der Waals surface area contributed by atoms with E-state index in [2.05, 4.69) is 10.3 Å². The number of likely N-dealkylation sites (N-methyl/N-ethyl adjacent to an activating group) is 1. The number of nitrogens with zero attached hydrogens (tertiary/aromatic N) is 2. The van der Waals surface area contributed by atoms with Gasteiger partial charge in [-0.25, -0.2) is 9.78 Å². The van der Waals surface area contributed by atoms with Crippen molar-refractivity contribution >= 4 is 17.8 Å². The number of fused-ring (bicyclic) bond motifs is 1. The highest BCUT2D eigenvalue weighted by Crippen LogP contribution is 2.52. The highest BCUT2D eigenvalue weighted by molar-refractivity contribution is 5.98. The summed E-state index contributed by atoms with van der Waals surface area (Å²) in [5, 5.41) is 45.9. The molecular formula is C34H47N3O9. The molecule has 2 aliphatic rings. The predicted octanol–water partition coefficient (Wildman–Crippen LogP) is 1.77. The van der Waals surface area contributed by atoms with Crippen LogP contribution in [0.2, 0.25) is 0 Å². The number of cyclic esters (lactones) is 1. The smallest absolute Gasteiger partial charge is 0.338 e. The fourth-order valence-electron chi connectivity index (χ4n) is 6.01. The van der Waals surface area contributed by atoms with Gasteiger partial charge in [-0.05, 0) is 38.7 Å². The van der Waals surface area contributed by atoms with E-state index >= 15 is 0 Å². The molecule has 0 saturated carbocycles. The lowest BCUT2D eigenvalue weighted by molar-refractivity contribution is -0.156. The molecule has 2 fully saturated rings. The van der Waals surface area contributed by atoms with Crippen LogP contribution >= 0.6 is 0 Å². The molecule has 3 rings (SSSR count). The van der Waals surface area contributed by atoms with Crippen LogP contribution in [0.5, 0.6) is 0 Å². The summed E-state index contributed by atoms with van der Waals surface area (Å²) in [5.41, 5.74) is -4.29. The third kappa shape index (κ3) is 7.10. The zero-order valence-corrected chi connectivity index (χ0v) is 27.3. The molecule has 1 unspecified atom stereocenters. The number of amides is 2. The number of aliphatic hydroxyl groups excluding tert-OH is 3. The van der Waals surface area contributed by atoms with Gasteiger partial charge in [-0.15, -0.1) is 0 Å². The molecular weight excluding hydrogens is 594 g/mol. The van der Waals surface area contributed by atoms with Crippen LogP contribution in [0.15, 0.2) is 77.3 Å². The minimum atomic E-state index is -1.94. The van der Waals surface area contributed by atoms with Gasteiger partial charge in [0.2, 0.25) is 11.8 Å². The van der Waals surface area contributed by atoms with Gasteiger partial charge in [0.25, 0.3) is 0 Å². The van der Waals surface area contributed by atoms with Crippen LogP contribution in [0.3, 0.4) is 0 Å². The predicted molar refractivity (Wildman–Crippen MR) is 170 cm³/mol. The van der Waals surface area contributed by atoms with Gasteiger partial charge in [0.1, 0.15) is 17.5 Å². The van der Waals surface area contributed by atoms with Crippen LogP contribution in [0.4, 0.5) is 0 Å². The molecule has 2 saturated heterocycles. The van der Waals surface area contributed by atoms with Crippen molar-refractivity contribution in [3.63, 3.8) is 0 Å². The van der Waals surface area contributed by atoms with E-state index in [-0.39, 0.29) is 18.9 Å². The Morgan fingerprint density at radius 2 is 1.87 bits per heavy atom. The van der Waals surface area contributed by atoms with Gasteiger partial charge in [-0.2, -0.15) is 0 Å². The largest absolute Gasteiger partial charge is 0.457 e. The first-order valence-electron chi connectivity index (χ1n) is 15.3. The van der Waals surface area contributed by atoms with E-state index in [1.54, 1.807) is 64.3 Å². The summed E-state index contributed by atoms with van der Waals surface area (Å²) < 4.78 is 10.6. The number of ether oxygens (including phenoxy) is 1. The Hall–Kier alpha value is -3.84. The molecule has 0 aromatic carbocycles. The Balaban J connectivity index is 1.47. The monoisotopic (exact) mass is 641 g/mol. The van der Waals surface area contributed by atoms with Crippen LogP contribution in [0.25, 0.3) is 0 Å². The molecule has 0 spiro atoms. The molecule has 1 aromatic rings. The molecule has 46 heavy (non-hydrogen) atoms. The maximum absolute atomic E-state index is 12.8. The van der Waals surface area contributed by atoms with E-state index < -0.39 is 65.2 Å². The second-order valence-corrected chi connectivity index (χ2v) is 12.6. The first-order chi connectivity index (χ1) is 21.7. The third-order valence-corrected chi connectivity index (χ3v) is 9.23. The normalized spacial score (nSPS) is 27.7. The molecule has 0 bridgehead atoms. The van der Waals surface area contributed by atoms with E-state index in [1.807, 2.05) is 18.2 Å². The Kier molecular flexibility index (Phi) is 12.1. The molecule has 3 heterocycles. The van der Waals surface area contributed by atoms with Gasteiger partial charge < -0.3 is 39.8 Å². The number of aliphatic hydroxyl groups is 4. The highest BCUT2D eigenvalue weighted by atomic mass is 16.6. The lowest BCUT2D eigenvalue weighted by Gasteiger charge is -2.37. The van der Waals surface area contributed by atoms with Gasteiger partial charge in [0, 0.05) is 20.0 Å². The summed E-state index contributed by atoms with van der Waals surface area (Å²) in [5.74, 6) is -2.37. The lowest BCUT2D eigenvalue weighted by atomic mass is 9.72. The number of aromatic nitrogens is 1. The standard InChI is InChI=1S/C34H47N3O9/c1-22(14-10-7-8-11-15-25-19-35-21-45-25)28(40)32(4,5)30(42)36-17-13-9-12-16-26(39)23(2)18-27-34(44)24(3)29(41)37(6)33(34,20-38)31(43)46-27/h7-14,16,19,21,23-24,26-28,38-40,44H,15,17-18,20H2,1-6H3,(H,36,42)/b10-7-,11-8+,13-9+,16-12+,22-14-/t23-,24+,26?,27+,28-,33-,34-/m1/s1. The number of carbonyl (C=O) groups is 3. The maximum Gasteiger partial charge on any atom is 0.338 e. The third-order valence-electron chi connectivity index (χ3n) is 9.23. The van der Waals surface area contributed by atoms with Crippen molar-refractivity contribution in [2.45, 2.75) is 76.9 Å². The van der Waals surface area contributed by atoms with Crippen molar-refractivity contribution in [3.8, 4) is 0 Å². The minimum absolute atomic E-state index is 0.0577. The molecule has 2 amide bonds. The number of hydrogen-bond acceptors (Lipinski definition) is 10. The Morgan fingerprint density at radius 3 is 2.52 bits per heavy atom. The van der Waals surface area contributed by atoms with Gasteiger partial charge in [-0.1, -0.05) is 68.5 Å². The lowest BCUT2D eigenvalue weighted by Crippen LogP contribution is -2.64. The van der Waals surface area contributed by atoms with E-state index in [1.165, 1.54) is 26.4 Å². The molecule has 1 aromatic heterocycles. The second-order valence-electron chi connectivity index (χ2n) is 12.6. The number of carbonyl (C=O) groups excluding carboxylic acids is 3. The van der Waals surface area contributed by atoms with Gasteiger partial charge >= 0.3 is 5.97 Å². The highest BCUT2D eigenvalue weighted by Gasteiger charge is 2.77. The number of likely N-dealkylation sites (tertiary alicyclic amines) is 1. The summed E-state index contributed by atoms with van der Waals surface area (Å²) >= 11 is 0. The number of hydrogen-bond donors (Lipinski definition) is 5. The summed E-state index contributed by atoms with van der Waals surface area (Å²) in [6.45, 7) is 7.71. The number of esters is 1. The molecule has 0 radical (unpaired) electrons. The average molecular weight is 642 g/mol. The second kappa shape index (κ2) is 15.2. The van der Waals surface area contributed by atoms with E-state index in [4.69, 9.17) is 9.15 Å². The van der Waals surface area contributed by atoms with Crippen LogP contribution in [-0.4, -0.2) is 97.7 Å². The Labute approximate surface area is 269 Å². The van der Waals surface area contributed by atoms with E-state index in [9.17, 15) is 34.8 Å². The Morgan fingerprint density at radius 1 is 1.17 bits per heavy atom. The van der Waals surface area contributed by atoms with Crippen molar-refractivity contribution in [3.05, 3.63) is 78.6 Å². The minimum Gasteiger partial charge on any atom is -0.457 e. The topological polar surface area (TPSA) is 183 Å². The molecule has 0 aliphatic carbocycles.